The van der Waals surface area contributed by atoms with Gasteiger partial charge in [0.2, 0.25) is 0 Å². The molecule has 1 radical (unpaired) electrons. The molecule has 0 aliphatic carbocycles. The fourth-order valence-electron chi connectivity index (χ4n) is 4.89. The zero-order valence-electron chi connectivity index (χ0n) is 28.8. The molecular weight excluding hydrogens is 721 g/mol. The van der Waals surface area contributed by atoms with Crippen LogP contribution in [0.15, 0.2) is 54.3 Å². The Kier molecular flexibility index (Phi) is 12.7. The smallest absolute Gasteiger partial charge is 0.164 e. The van der Waals surface area contributed by atoms with Crippen molar-refractivity contribution in [1.29, 1.82) is 0 Å². The number of aliphatic hydroxyl groups excluding tert-OH is 1. The summed E-state index contributed by atoms with van der Waals surface area (Å²) >= 11 is 0. The molecule has 0 unspecified atom stereocenters. The van der Waals surface area contributed by atoms with E-state index in [0.29, 0.717) is 5.92 Å². The molecule has 3 aromatic carbocycles. The second kappa shape index (κ2) is 14.9. The van der Waals surface area contributed by atoms with Crippen molar-refractivity contribution in [2.24, 2.45) is 16.7 Å². The van der Waals surface area contributed by atoms with E-state index in [1.807, 2.05) is 53.7 Å². The van der Waals surface area contributed by atoms with Gasteiger partial charge < -0.3 is 5.11 Å². The molecular formula is C39H51IrN2O2-. The van der Waals surface area contributed by atoms with Gasteiger partial charge in [-0.2, -0.15) is 0 Å². The largest absolute Gasteiger partial charge is 0.512 e. The van der Waals surface area contributed by atoms with Crippen molar-refractivity contribution in [1.82, 2.24) is 9.97 Å². The minimum absolute atomic E-state index is 0. The maximum Gasteiger partial charge on any atom is 0.164 e. The number of hydrogen-bond acceptors (Lipinski definition) is 4. The molecule has 0 atom stereocenters. The van der Waals surface area contributed by atoms with Gasteiger partial charge in [0.05, 0.1) is 5.52 Å². The number of nitrogens with zero attached hydrogens (tertiary/aromatic N) is 2. The number of rotatable bonds is 7. The molecule has 44 heavy (non-hydrogen) atoms. The van der Waals surface area contributed by atoms with E-state index in [-0.39, 0.29) is 43.0 Å². The van der Waals surface area contributed by atoms with Crippen LogP contribution >= 0.6 is 0 Å². The van der Waals surface area contributed by atoms with Crippen molar-refractivity contribution >= 4 is 27.5 Å². The van der Waals surface area contributed by atoms with Crippen LogP contribution in [-0.2, 0) is 31.3 Å². The number of carbonyl (C=O) groups excluding carboxylic acids is 1. The number of aryl methyl sites for hydroxylation is 2. The second-order valence-electron chi connectivity index (χ2n) is 14.3. The van der Waals surface area contributed by atoms with Gasteiger partial charge in [0.1, 0.15) is 11.6 Å². The first-order valence-electron chi connectivity index (χ1n) is 15.6. The summed E-state index contributed by atoms with van der Waals surface area (Å²) in [5.74, 6) is 1.95. The minimum atomic E-state index is -0.419. The SMILES string of the molecule is CCC(C)(C)/C(O)=C/C(=O)C(C)(C)C.Cc1ccc[c-]c1-c1nc(C(C)C)nc2c1ccc1cc(CC(C)C)cc(C)c12.[Ir]. The van der Waals surface area contributed by atoms with Gasteiger partial charge in [-0.25, -0.2) is 4.98 Å². The minimum Gasteiger partial charge on any atom is -0.512 e. The van der Waals surface area contributed by atoms with Crippen LogP contribution in [0.4, 0.5) is 0 Å². The summed E-state index contributed by atoms with van der Waals surface area (Å²) in [7, 11) is 0. The van der Waals surface area contributed by atoms with Crippen LogP contribution in [0.1, 0.15) is 104 Å². The van der Waals surface area contributed by atoms with Gasteiger partial charge >= 0.3 is 0 Å². The Morgan fingerprint density at radius 1 is 0.977 bits per heavy atom. The van der Waals surface area contributed by atoms with Gasteiger partial charge in [0.25, 0.3) is 0 Å². The van der Waals surface area contributed by atoms with Gasteiger partial charge in [0, 0.05) is 48.3 Å². The van der Waals surface area contributed by atoms with Crippen LogP contribution in [0.5, 0.6) is 0 Å². The van der Waals surface area contributed by atoms with Crippen molar-refractivity contribution in [3.05, 3.63) is 82.9 Å². The quantitative estimate of drug-likeness (QED) is 0.0880. The van der Waals surface area contributed by atoms with E-state index in [9.17, 15) is 9.90 Å². The molecule has 4 nitrogen and oxygen atoms in total. The molecule has 4 rings (SSSR count). The number of fused-ring (bicyclic) bond motifs is 3. The summed E-state index contributed by atoms with van der Waals surface area (Å²) in [4.78, 5) is 21.6. The van der Waals surface area contributed by atoms with Gasteiger partial charge in [-0.05, 0) is 53.3 Å². The molecule has 0 saturated carbocycles. The summed E-state index contributed by atoms with van der Waals surface area (Å²) in [6, 6.07) is 18.6. The van der Waals surface area contributed by atoms with Gasteiger partial charge in [-0.3, -0.25) is 9.78 Å². The van der Waals surface area contributed by atoms with Crippen LogP contribution in [0.2, 0.25) is 0 Å². The maximum absolute atomic E-state index is 11.6. The Labute approximate surface area is 279 Å². The summed E-state index contributed by atoms with van der Waals surface area (Å²) in [6.45, 7) is 24.6. The Bertz CT molecular complexity index is 1640. The molecule has 0 saturated heterocycles. The summed E-state index contributed by atoms with van der Waals surface area (Å²) in [5.41, 5.74) is 6.26. The molecule has 239 valence electrons. The van der Waals surface area contributed by atoms with E-state index in [2.05, 4.69) is 77.9 Å². The number of allylic oxidation sites excluding steroid dienone is 2. The molecule has 5 heteroatoms. The van der Waals surface area contributed by atoms with Crippen LogP contribution in [0.25, 0.3) is 32.9 Å². The standard InChI is InChI=1S/C27H29N2.C12H22O2.Ir/c1-16(2)13-20-14-19(6)24-21(15-20)11-12-23-25(22-10-8-7-9-18(22)5)28-27(17(3)4)29-26(23)24;1-7-12(5,6)10(14)8-9(13)11(2,3)4;/h7-9,11-12,14-17H,13H2,1-6H3;8,14H,7H2,1-6H3;/q-1;;/b;10-8-;. The summed E-state index contributed by atoms with van der Waals surface area (Å²) in [6.07, 6.45) is 3.27. The average molecular weight is 772 g/mol. The number of carbonyl (C=O) groups is 1. The first kappa shape index (κ1) is 37.3. The fourth-order valence-corrected chi connectivity index (χ4v) is 4.89. The van der Waals surface area contributed by atoms with E-state index < -0.39 is 5.41 Å². The predicted octanol–water partition coefficient (Wildman–Crippen LogP) is 10.7. The Balaban J connectivity index is 0.000000385. The Morgan fingerprint density at radius 2 is 1.64 bits per heavy atom. The molecule has 0 spiro atoms. The molecule has 4 aromatic rings. The van der Waals surface area contributed by atoms with Crippen LogP contribution in [0.3, 0.4) is 0 Å². The van der Waals surface area contributed by atoms with Gasteiger partial charge in [0.15, 0.2) is 5.78 Å². The van der Waals surface area contributed by atoms with Crippen molar-refractivity contribution in [3.8, 4) is 11.3 Å². The molecule has 0 fully saturated rings. The van der Waals surface area contributed by atoms with Gasteiger partial charge in [-0.1, -0.05) is 100 Å². The van der Waals surface area contributed by atoms with E-state index in [4.69, 9.17) is 9.97 Å². The normalized spacial score (nSPS) is 12.4. The van der Waals surface area contributed by atoms with Crippen molar-refractivity contribution in [2.45, 2.75) is 102 Å². The molecule has 1 heterocycles. The fraction of sp³-hybridized carbons (Fsp3) is 0.462. The van der Waals surface area contributed by atoms with E-state index in [1.54, 1.807) is 0 Å². The number of benzene rings is 3. The zero-order chi connectivity index (χ0) is 32.3. The van der Waals surface area contributed by atoms with Crippen molar-refractivity contribution in [3.63, 3.8) is 0 Å². The van der Waals surface area contributed by atoms with Crippen LogP contribution in [-0.4, -0.2) is 20.9 Å². The topological polar surface area (TPSA) is 63.1 Å². The van der Waals surface area contributed by atoms with Crippen molar-refractivity contribution in [2.75, 3.05) is 0 Å². The third-order valence-corrected chi connectivity index (χ3v) is 8.10. The average Bonchev–Trinajstić information content (AvgIpc) is 2.91. The maximum atomic E-state index is 11.6. The van der Waals surface area contributed by atoms with Crippen LogP contribution < -0.4 is 0 Å². The predicted molar refractivity (Wildman–Crippen MR) is 183 cm³/mol. The molecule has 0 amide bonds. The summed E-state index contributed by atoms with van der Waals surface area (Å²) < 4.78 is 0. The third-order valence-electron chi connectivity index (χ3n) is 8.10. The second-order valence-corrected chi connectivity index (χ2v) is 14.3. The zero-order valence-corrected chi connectivity index (χ0v) is 31.2. The molecule has 1 N–H and O–H groups in total. The molecule has 0 bridgehead atoms. The monoisotopic (exact) mass is 772 g/mol. The number of aliphatic hydroxyl groups is 1. The first-order chi connectivity index (χ1) is 20.0. The molecule has 1 aromatic heterocycles. The first-order valence-corrected chi connectivity index (χ1v) is 15.6. The Hall–Kier alpha value is -2.88. The Morgan fingerprint density at radius 3 is 2.18 bits per heavy atom. The van der Waals surface area contributed by atoms with Crippen LogP contribution in [0, 0.1) is 36.7 Å². The number of ketones is 1. The number of hydrogen-bond donors (Lipinski definition) is 1. The molecule has 0 aliphatic rings. The van der Waals surface area contributed by atoms with E-state index in [0.717, 1.165) is 40.8 Å². The summed E-state index contributed by atoms with van der Waals surface area (Å²) in [5, 5.41) is 13.4. The molecule has 0 aliphatic heterocycles. The van der Waals surface area contributed by atoms with Gasteiger partial charge in [-0.15, -0.1) is 35.4 Å². The van der Waals surface area contributed by atoms with Crippen molar-refractivity contribution < 1.29 is 30.0 Å². The van der Waals surface area contributed by atoms with E-state index in [1.165, 1.54) is 33.5 Å². The number of aromatic nitrogens is 2. The third kappa shape index (κ3) is 8.86. The van der Waals surface area contributed by atoms with E-state index >= 15 is 0 Å².